The van der Waals surface area contributed by atoms with Crippen LogP contribution in [0.3, 0.4) is 0 Å². The Morgan fingerprint density at radius 3 is 2.67 bits per heavy atom. The van der Waals surface area contributed by atoms with Gasteiger partial charge in [0.15, 0.2) is 11.4 Å². The zero-order chi connectivity index (χ0) is 19.0. The summed E-state index contributed by atoms with van der Waals surface area (Å²) in [5, 5.41) is 12.8. The molecule has 1 amide bonds. The van der Waals surface area contributed by atoms with Crippen LogP contribution in [0.15, 0.2) is 53.5 Å². The summed E-state index contributed by atoms with van der Waals surface area (Å²) in [5.41, 5.74) is 1.24. The van der Waals surface area contributed by atoms with Crippen LogP contribution in [0.2, 0.25) is 0 Å². The molecule has 0 atom stereocenters. The molecule has 2 aromatic heterocycles. The normalized spacial score (nSPS) is 10.9. The highest BCUT2D eigenvalue weighted by molar-refractivity contribution is 6.02. The number of hydrogen-bond acceptors (Lipinski definition) is 5. The molecule has 0 aliphatic carbocycles. The van der Waals surface area contributed by atoms with Gasteiger partial charge in [-0.2, -0.15) is 0 Å². The van der Waals surface area contributed by atoms with E-state index in [0.717, 1.165) is 5.39 Å². The van der Waals surface area contributed by atoms with Crippen molar-refractivity contribution < 1.29 is 14.6 Å². The summed E-state index contributed by atoms with van der Waals surface area (Å²) in [7, 11) is 0. The lowest BCUT2D eigenvalue weighted by Gasteiger charge is -2.13. The van der Waals surface area contributed by atoms with E-state index >= 15 is 0 Å². The molecule has 0 aliphatic heterocycles. The third-order valence-corrected chi connectivity index (χ3v) is 4.07. The second-order valence-electron chi connectivity index (χ2n) is 5.85. The molecule has 0 bridgehead atoms. The molecule has 3 N–H and O–H groups in total. The Hall–Kier alpha value is -3.94. The Bertz CT molecular complexity index is 1250. The Kier molecular flexibility index (Phi) is 3.92. The number of pyridine rings is 1. The molecule has 4 aromatic rings. The summed E-state index contributed by atoms with van der Waals surface area (Å²) >= 11 is 0. The quantitative estimate of drug-likeness (QED) is 0.512. The fourth-order valence-corrected chi connectivity index (χ4v) is 2.84. The van der Waals surface area contributed by atoms with Crippen molar-refractivity contribution in [1.29, 1.82) is 0 Å². The van der Waals surface area contributed by atoms with E-state index in [-0.39, 0.29) is 5.56 Å². The lowest BCUT2D eigenvalue weighted by Crippen LogP contribution is -2.12. The van der Waals surface area contributed by atoms with Gasteiger partial charge in [-0.1, -0.05) is 24.3 Å². The number of carboxylic acid groups (broad SMARTS) is 1. The van der Waals surface area contributed by atoms with Crippen molar-refractivity contribution in [2.45, 2.75) is 6.92 Å². The summed E-state index contributed by atoms with van der Waals surface area (Å²) in [6, 6.07) is 12.3. The minimum Gasteiger partial charge on any atom is -0.465 e. The molecule has 2 aromatic carbocycles. The number of nitrogens with one attached hydrogen (secondary N) is 2. The molecular weight excluding hydrogens is 348 g/mol. The number of aromatic nitrogens is 3. The Balaban J connectivity index is 1.85. The minimum atomic E-state index is -1.14. The van der Waals surface area contributed by atoms with Gasteiger partial charge in [-0.05, 0) is 19.1 Å². The topological polar surface area (TPSA) is 117 Å². The fraction of sp³-hybridized carbons (Fsp3) is 0.0526. The predicted molar refractivity (Wildman–Crippen MR) is 101 cm³/mol. The number of carbonyl (C=O) groups is 1. The average molecular weight is 362 g/mol. The highest BCUT2D eigenvalue weighted by Crippen LogP contribution is 2.35. The number of aryl methyl sites for hydroxylation is 1. The van der Waals surface area contributed by atoms with Crippen LogP contribution in [0.25, 0.3) is 21.9 Å². The number of benzene rings is 2. The van der Waals surface area contributed by atoms with E-state index in [0.29, 0.717) is 39.4 Å². The third-order valence-electron chi connectivity index (χ3n) is 4.07. The second-order valence-corrected chi connectivity index (χ2v) is 5.85. The van der Waals surface area contributed by atoms with Gasteiger partial charge < -0.3 is 14.8 Å². The fourth-order valence-electron chi connectivity index (χ4n) is 2.84. The number of rotatable bonds is 3. The van der Waals surface area contributed by atoms with E-state index in [9.17, 15) is 9.59 Å². The van der Waals surface area contributed by atoms with Crippen molar-refractivity contribution in [2.24, 2.45) is 0 Å². The lowest BCUT2D eigenvalue weighted by molar-refractivity contribution is 0.210. The average Bonchev–Trinajstić information content (AvgIpc) is 2.65. The SMILES string of the molecule is Cc1nc2c(Oc3ccc(NC(=O)O)c4ccccc34)ccnc2[nH]c1=O. The summed E-state index contributed by atoms with van der Waals surface area (Å²) in [6.45, 7) is 1.61. The number of H-pyrrole nitrogens is 1. The number of anilines is 1. The summed E-state index contributed by atoms with van der Waals surface area (Å²) in [5.74, 6) is 0.961. The number of nitrogens with zero attached hydrogens (tertiary/aromatic N) is 2. The molecule has 134 valence electrons. The van der Waals surface area contributed by atoms with Crippen molar-refractivity contribution in [2.75, 3.05) is 5.32 Å². The van der Waals surface area contributed by atoms with Crippen LogP contribution in [0, 0.1) is 6.92 Å². The predicted octanol–water partition coefficient (Wildman–Crippen LogP) is 3.66. The van der Waals surface area contributed by atoms with Crippen LogP contribution in [0.5, 0.6) is 11.5 Å². The lowest BCUT2D eigenvalue weighted by atomic mass is 10.1. The molecule has 0 fully saturated rings. The molecular formula is C19H14N4O4. The molecule has 0 saturated carbocycles. The maximum absolute atomic E-state index is 11.7. The third kappa shape index (κ3) is 3.04. The standard InChI is InChI=1S/C19H14N4O4/c1-10-18(24)23-17-16(21-10)15(8-9-20-17)27-14-7-6-13(22-19(25)26)11-4-2-3-5-12(11)14/h2-9,22H,1H3,(H,25,26)(H,20,23,24). The van der Waals surface area contributed by atoms with Gasteiger partial charge in [-0.3, -0.25) is 10.1 Å². The van der Waals surface area contributed by atoms with Crippen LogP contribution in [-0.4, -0.2) is 26.2 Å². The molecule has 2 heterocycles. The summed E-state index contributed by atoms with van der Waals surface area (Å²) < 4.78 is 6.06. The largest absolute Gasteiger partial charge is 0.465 e. The number of hydrogen-bond donors (Lipinski definition) is 3. The summed E-state index contributed by atoms with van der Waals surface area (Å²) in [6.07, 6.45) is 0.380. The van der Waals surface area contributed by atoms with Crippen LogP contribution in [-0.2, 0) is 0 Å². The Labute approximate surface area is 152 Å². The van der Waals surface area contributed by atoms with Gasteiger partial charge >= 0.3 is 6.09 Å². The molecule has 0 radical (unpaired) electrons. The van der Waals surface area contributed by atoms with Gasteiger partial charge in [-0.15, -0.1) is 0 Å². The first-order valence-corrected chi connectivity index (χ1v) is 8.08. The number of fused-ring (bicyclic) bond motifs is 2. The van der Waals surface area contributed by atoms with Gasteiger partial charge in [0.25, 0.3) is 5.56 Å². The van der Waals surface area contributed by atoms with E-state index in [1.54, 1.807) is 31.2 Å². The molecule has 4 rings (SSSR count). The van der Waals surface area contributed by atoms with Gasteiger partial charge in [0.1, 0.15) is 17.0 Å². The van der Waals surface area contributed by atoms with Crippen LogP contribution in [0.4, 0.5) is 10.5 Å². The van der Waals surface area contributed by atoms with Crippen LogP contribution < -0.4 is 15.6 Å². The summed E-state index contributed by atoms with van der Waals surface area (Å²) in [4.78, 5) is 33.8. The first-order chi connectivity index (χ1) is 13.0. The second kappa shape index (κ2) is 6.41. The first kappa shape index (κ1) is 16.5. The zero-order valence-corrected chi connectivity index (χ0v) is 14.2. The highest BCUT2D eigenvalue weighted by Gasteiger charge is 2.13. The maximum Gasteiger partial charge on any atom is 0.409 e. The van der Waals surface area contributed by atoms with E-state index in [1.165, 1.54) is 6.20 Å². The van der Waals surface area contributed by atoms with E-state index in [1.807, 2.05) is 18.2 Å². The highest BCUT2D eigenvalue weighted by atomic mass is 16.5. The van der Waals surface area contributed by atoms with Crippen LogP contribution in [0.1, 0.15) is 5.69 Å². The van der Waals surface area contributed by atoms with Gasteiger partial charge in [0, 0.05) is 23.0 Å². The molecule has 0 unspecified atom stereocenters. The smallest absolute Gasteiger partial charge is 0.409 e. The van der Waals surface area contributed by atoms with Crippen molar-refractivity contribution in [3.8, 4) is 11.5 Å². The zero-order valence-electron chi connectivity index (χ0n) is 14.2. The number of amides is 1. The Morgan fingerprint density at radius 2 is 1.89 bits per heavy atom. The van der Waals surface area contributed by atoms with E-state index < -0.39 is 6.09 Å². The van der Waals surface area contributed by atoms with Crippen molar-refractivity contribution in [3.63, 3.8) is 0 Å². The van der Waals surface area contributed by atoms with Gasteiger partial charge in [0.2, 0.25) is 0 Å². The molecule has 0 spiro atoms. The van der Waals surface area contributed by atoms with Crippen LogP contribution >= 0.6 is 0 Å². The number of ether oxygens (including phenoxy) is 1. The molecule has 0 aliphatic rings. The van der Waals surface area contributed by atoms with Gasteiger partial charge in [-0.25, -0.2) is 14.8 Å². The monoisotopic (exact) mass is 362 g/mol. The molecule has 0 saturated heterocycles. The minimum absolute atomic E-state index is 0.304. The maximum atomic E-state index is 11.7. The molecule has 8 nitrogen and oxygen atoms in total. The number of aromatic amines is 1. The Morgan fingerprint density at radius 1 is 1.11 bits per heavy atom. The molecule has 27 heavy (non-hydrogen) atoms. The van der Waals surface area contributed by atoms with Crippen molar-refractivity contribution in [3.05, 3.63) is 64.7 Å². The van der Waals surface area contributed by atoms with E-state index in [4.69, 9.17) is 9.84 Å². The first-order valence-electron chi connectivity index (χ1n) is 8.08. The van der Waals surface area contributed by atoms with Crippen molar-refractivity contribution >= 4 is 33.7 Å². The van der Waals surface area contributed by atoms with Crippen molar-refractivity contribution in [1.82, 2.24) is 15.0 Å². The van der Waals surface area contributed by atoms with Gasteiger partial charge in [0.05, 0.1) is 5.69 Å². The molecule has 8 heteroatoms. The van der Waals surface area contributed by atoms with E-state index in [2.05, 4.69) is 20.3 Å².